The molecule has 8 nitrogen and oxygen atoms in total. The fourth-order valence-corrected chi connectivity index (χ4v) is 3.75. The number of nitrogens with one attached hydrogen (secondary N) is 1. The zero-order valence-corrected chi connectivity index (χ0v) is 13.5. The second-order valence-electron chi connectivity index (χ2n) is 5.05. The van der Waals surface area contributed by atoms with Crippen LogP contribution in [0.3, 0.4) is 0 Å². The third-order valence-electron chi connectivity index (χ3n) is 3.37. The molecule has 9 heteroatoms. The monoisotopic (exact) mass is 338 g/mol. The molecule has 1 heterocycles. The molecule has 0 unspecified atom stereocenters. The van der Waals surface area contributed by atoms with E-state index in [1.165, 1.54) is 6.07 Å². The first-order valence-electron chi connectivity index (χ1n) is 7.20. The smallest absolute Gasteiger partial charge is 0.331 e. The van der Waals surface area contributed by atoms with Gasteiger partial charge in [-0.3, -0.25) is 10.1 Å². The number of nitrogens with zero attached hydrogens (tertiary/aromatic N) is 2. The van der Waals surface area contributed by atoms with Crippen molar-refractivity contribution in [1.82, 2.24) is 9.71 Å². The number of para-hydroxylation sites is 1. The lowest BCUT2D eigenvalue weighted by Crippen LogP contribution is -2.26. The van der Waals surface area contributed by atoms with Crippen LogP contribution in [0.4, 0.5) is 11.5 Å². The molecule has 124 valence electrons. The zero-order valence-electron chi connectivity index (χ0n) is 12.7. The van der Waals surface area contributed by atoms with E-state index in [9.17, 15) is 18.5 Å². The fraction of sp³-hybridized carbons (Fsp3) is 0.357. The van der Waals surface area contributed by atoms with Crippen molar-refractivity contribution in [3.8, 4) is 0 Å². The first-order chi connectivity index (χ1) is 10.9. The second-order valence-corrected chi connectivity index (χ2v) is 6.76. The molecule has 0 aliphatic carbocycles. The van der Waals surface area contributed by atoms with Crippen molar-refractivity contribution < 1.29 is 13.3 Å². The van der Waals surface area contributed by atoms with Crippen LogP contribution in [0, 0.1) is 10.1 Å². The summed E-state index contributed by atoms with van der Waals surface area (Å²) in [6.45, 7) is 2.21. The number of nitrogens with two attached hydrogens (primary N) is 1. The molecule has 0 radical (unpaired) electrons. The molecule has 0 spiro atoms. The fourth-order valence-electron chi connectivity index (χ4n) is 2.29. The number of pyridine rings is 1. The summed E-state index contributed by atoms with van der Waals surface area (Å²) in [5.41, 5.74) is 5.22. The lowest BCUT2D eigenvalue weighted by Gasteiger charge is -2.11. The van der Waals surface area contributed by atoms with E-state index in [2.05, 4.69) is 9.71 Å². The van der Waals surface area contributed by atoms with Gasteiger partial charge in [0, 0.05) is 11.9 Å². The minimum atomic E-state index is -4.08. The van der Waals surface area contributed by atoms with Crippen molar-refractivity contribution in [1.29, 1.82) is 0 Å². The van der Waals surface area contributed by atoms with Gasteiger partial charge in [-0.05, 0) is 12.5 Å². The normalized spacial score (nSPS) is 11.7. The average Bonchev–Trinajstić information content (AvgIpc) is 2.49. The number of nitrogen functional groups attached to an aromatic ring is 1. The van der Waals surface area contributed by atoms with Gasteiger partial charge in [-0.1, -0.05) is 38.0 Å². The maximum atomic E-state index is 12.6. The molecule has 0 aliphatic heterocycles. The number of benzene rings is 1. The van der Waals surface area contributed by atoms with Gasteiger partial charge in [-0.2, -0.15) is 0 Å². The van der Waals surface area contributed by atoms with Gasteiger partial charge in [-0.25, -0.2) is 18.1 Å². The molecule has 0 atom stereocenters. The van der Waals surface area contributed by atoms with Crippen LogP contribution in [0.2, 0.25) is 0 Å². The molecule has 2 rings (SSSR count). The predicted octanol–water partition coefficient (Wildman–Crippen LogP) is 2.19. The molecule has 0 bridgehead atoms. The highest BCUT2D eigenvalue weighted by Crippen LogP contribution is 2.34. The Balaban J connectivity index is 2.61. The van der Waals surface area contributed by atoms with Crippen LogP contribution in [0.1, 0.15) is 26.2 Å². The van der Waals surface area contributed by atoms with E-state index >= 15 is 0 Å². The average molecular weight is 338 g/mol. The molecule has 2 aromatic rings. The van der Waals surface area contributed by atoms with Crippen molar-refractivity contribution in [3.63, 3.8) is 0 Å². The molecule has 0 aliphatic rings. The minimum Gasteiger partial charge on any atom is -0.378 e. The van der Waals surface area contributed by atoms with Crippen molar-refractivity contribution in [2.75, 3.05) is 12.3 Å². The van der Waals surface area contributed by atoms with Gasteiger partial charge in [0.1, 0.15) is 0 Å². The Kier molecular flexibility index (Phi) is 5.12. The van der Waals surface area contributed by atoms with E-state index in [0.717, 1.165) is 12.8 Å². The Morgan fingerprint density at radius 2 is 2.00 bits per heavy atom. The summed E-state index contributed by atoms with van der Waals surface area (Å²) in [5, 5.41) is 11.5. The van der Waals surface area contributed by atoms with Crippen LogP contribution in [-0.4, -0.2) is 24.9 Å². The van der Waals surface area contributed by atoms with Crippen molar-refractivity contribution in [2.45, 2.75) is 31.1 Å². The first-order valence-corrected chi connectivity index (χ1v) is 8.69. The summed E-state index contributed by atoms with van der Waals surface area (Å²) in [5.74, 6) is -0.414. The van der Waals surface area contributed by atoms with Crippen molar-refractivity contribution >= 4 is 32.4 Å². The molecule has 3 N–H and O–H groups in total. The summed E-state index contributed by atoms with van der Waals surface area (Å²) >= 11 is 0. The van der Waals surface area contributed by atoms with Gasteiger partial charge in [0.05, 0.1) is 10.4 Å². The molecular weight excluding hydrogens is 320 g/mol. The number of anilines is 1. The van der Waals surface area contributed by atoms with Crippen molar-refractivity contribution in [2.24, 2.45) is 0 Å². The number of unbranched alkanes of at least 4 members (excludes halogenated alkanes) is 2. The Morgan fingerprint density at radius 1 is 1.30 bits per heavy atom. The molecule has 1 aromatic carbocycles. The number of rotatable bonds is 7. The summed E-state index contributed by atoms with van der Waals surface area (Å²) in [4.78, 5) is 14.0. The SMILES string of the molecule is CCCCCNS(=O)(=O)c1c([N+](=O)[O-])c(N)nc2ccccc12. The molecule has 23 heavy (non-hydrogen) atoms. The largest absolute Gasteiger partial charge is 0.378 e. The van der Waals surface area contributed by atoms with Crippen molar-refractivity contribution in [3.05, 3.63) is 34.4 Å². The van der Waals surface area contributed by atoms with E-state index in [1.54, 1.807) is 18.2 Å². The quantitative estimate of drug-likeness (QED) is 0.452. The molecular formula is C14H18N4O4S. The summed E-state index contributed by atoms with van der Waals surface area (Å²) in [6, 6.07) is 6.30. The Bertz CT molecular complexity index is 836. The minimum absolute atomic E-state index is 0.177. The summed E-state index contributed by atoms with van der Waals surface area (Å²) in [6.07, 6.45) is 2.46. The number of hydrogen-bond acceptors (Lipinski definition) is 6. The van der Waals surface area contributed by atoms with Gasteiger partial charge in [0.15, 0.2) is 4.90 Å². The third-order valence-corrected chi connectivity index (χ3v) is 4.91. The highest BCUT2D eigenvalue weighted by molar-refractivity contribution is 7.89. The molecule has 1 aromatic heterocycles. The van der Waals surface area contributed by atoms with E-state index in [0.29, 0.717) is 11.9 Å². The maximum absolute atomic E-state index is 12.6. The zero-order chi connectivity index (χ0) is 17.0. The van der Waals surface area contributed by atoms with E-state index in [1.807, 2.05) is 6.92 Å². The Hall–Kier alpha value is -2.26. The summed E-state index contributed by atoms with van der Waals surface area (Å²) < 4.78 is 27.6. The number of fused-ring (bicyclic) bond motifs is 1. The number of hydrogen-bond donors (Lipinski definition) is 2. The molecule has 0 fully saturated rings. The Morgan fingerprint density at radius 3 is 2.65 bits per heavy atom. The third kappa shape index (κ3) is 3.57. The van der Waals surface area contributed by atoms with Crippen LogP contribution < -0.4 is 10.5 Å². The van der Waals surface area contributed by atoms with Crippen LogP contribution in [-0.2, 0) is 10.0 Å². The number of aromatic nitrogens is 1. The van der Waals surface area contributed by atoms with Gasteiger partial charge < -0.3 is 5.73 Å². The summed E-state index contributed by atoms with van der Waals surface area (Å²) in [7, 11) is -4.08. The van der Waals surface area contributed by atoms with E-state index in [-0.39, 0.29) is 11.9 Å². The Labute approximate surface area is 133 Å². The molecule has 0 saturated carbocycles. The van der Waals surface area contributed by atoms with Crippen LogP contribution in [0.5, 0.6) is 0 Å². The highest BCUT2D eigenvalue weighted by Gasteiger charge is 2.32. The maximum Gasteiger partial charge on any atom is 0.331 e. The van der Waals surface area contributed by atoms with Gasteiger partial charge in [-0.15, -0.1) is 0 Å². The van der Waals surface area contributed by atoms with Crippen LogP contribution in [0.15, 0.2) is 29.2 Å². The van der Waals surface area contributed by atoms with Gasteiger partial charge in [0.2, 0.25) is 15.8 Å². The van der Waals surface area contributed by atoms with Gasteiger partial charge in [0.25, 0.3) is 0 Å². The lowest BCUT2D eigenvalue weighted by molar-refractivity contribution is -0.386. The topological polar surface area (TPSA) is 128 Å². The number of sulfonamides is 1. The highest BCUT2D eigenvalue weighted by atomic mass is 32.2. The van der Waals surface area contributed by atoms with Gasteiger partial charge >= 0.3 is 5.69 Å². The standard InChI is InChI=1S/C14H18N4O4S/c1-2-3-6-9-16-23(21,22)13-10-7-4-5-8-11(10)17-14(15)12(13)18(19)20/h4-5,7-8,16H,2-3,6,9H2,1H3,(H2,15,17). The molecule has 0 amide bonds. The van der Waals surface area contributed by atoms with Crippen LogP contribution in [0.25, 0.3) is 10.9 Å². The van der Waals surface area contributed by atoms with Crippen LogP contribution >= 0.6 is 0 Å². The molecule has 0 saturated heterocycles. The number of nitro groups is 1. The van der Waals surface area contributed by atoms with E-state index < -0.39 is 31.3 Å². The second kappa shape index (κ2) is 6.88. The predicted molar refractivity (Wildman–Crippen MR) is 87.5 cm³/mol. The first kappa shape index (κ1) is 17.1. The van der Waals surface area contributed by atoms with E-state index in [4.69, 9.17) is 5.73 Å². The lowest BCUT2D eigenvalue weighted by atomic mass is 10.2.